The van der Waals surface area contributed by atoms with E-state index in [1.165, 1.54) is 0 Å². The van der Waals surface area contributed by atoms with E-state index in [9.17, 15) is 4.79 Å². The predicted molar refractivity (Wildman–Crippen MR) is 93.9 cm³/mol. The lowest BCUT2D eigenvalue weighted by molar-refractivity contribution is -0.124. The fourth-order valence-corrected chi connectivity index (χ4v) is 3.10. The Morgan fingerprint density at radius 2 is 2.00 bits per heavy atom. The minimum atomic E-state index is -0.160. The lowest BCUT2D eigenvalue weighted by atomic mass is 10.0. The van der Waals surface area contributed by atoms with Gasteiger partial charge in [-0.05, 0) is 55.3 Å². The van der Waals surface area contributed by atoms with Crippen LogP contribution in [0.25, 0.3) is 0 Å². The van der Waals surface area contributed by atoms with E-state index in [1.54, 1.807) is 6.07 Å². The molecule has 0 aromatic heterocycles. The second-order valence-electron chi connectivity index (χ2n) is 6.05. The molecule has 0 bridgehead atoms. The maximum absolute atomic E-state index is 12.2. The molecule has 1 amide bonds. The van der Waals surface area contributed by atoms with Crippen molar-refractivity contribution >= 4 is 17.5 Å². The maximum Gasteiger partial charge on any atom is 0.258 e. The number of aryl methyl sites for hydroxylation is 2. The summed E-state index contributed by atoms with van der Waals surface area (Å²) in [6.07, 6.45) is 0.711. The molecule has 1 N–H and O–H groups in total. The summed E-state index contributed by atoms with van der Waals surface area (Å²) >= 11 is 6.06. The minimum Gasteiger partial charge on any atom is -0.493 e. The SMILES string of the molecule is Cc1cc(C)cc(OCC(=O)NC2CCOc3ccc(Cl)cc32)c1. The van der Waals surface area contributed by atoms with Crippen molar-refractivity contribution < 1.29 is 14.3 Å². The highest BCUT2D eigenvalue weighted by molar-refractivity contribution is 6.30. The zero-order valence-corrected chi connectivity index (χ0v) is 14.5. The normalized spacial score (nSPS) is 16.0. The first-order valence-corrected chi connectivity index (χ1v) is 8.32. The van der Waals surface area contributed by atoms with Crippen molar-refractivity contribution in [3.05, 3.63) is 58.1 Å². The van der Waals surface area contributed by atoms with E-state index in [4.69, 9.17) is 21.1 Å². The molecule has 0 radical (unpaired) electrons. The highest BCUT2D eigenvalue weighted by Crippen LogP contribution is 2.33. The van der Waals surface area contributed by atoms with E-state index in [1.807, 2.05) is 38.1 Å². The molecule has 1 aliphatic heterocycles. The Balaban J connectivity index is 1.63. The molecule has 0 spiro atoms. The number of fused-ring (bicyclic) bond motifs is 1. The zero-order chi connectivity index (χ0) is 17.1. The topological polar surface area (TPSA) is 47.6 Å². The van der Waals surface area contributed by atoms with Crippen molar-refractivity contribution in [2.75, 3.05) is 13.2 Å². The van der Waals surface area contributed by atoms with Gasteiger partial charge in [0.25, 0.3) is 5.91 Å². The zero-order valence-electron chi connectivity index (χ0n) is 13.8. The minimum absolute atomic E-state index is 0.0177. The van der Waals surface area contributed by atoms with Gasteiger partial charge in [0.1, 0.15) is 11.5 Å². The highest BCUT2D eigenvalue weighted by atomic mass is 35.5. The average Bonchev–Trinajstić information content (AvgIpc) is 2.53. The van der Waals surface area contributed by atoms with Crippen LogP contribution in [-0.4, -0.2) is 19.1 Å². The van der Waals surface area contributed by atoms with Crippen LogP contribution in [0.3, 0.4) is 0 Å². The maximum atomic E-state index is 12.2. The number of nitrogens with one attached hydrogen (secondary N) is 1. The predicted octanol–water partition coefficient (Wildman–Crippen LogP) is 3.98. The molecule has 1 aliphatic rings. The van der Waals surface area contributed by atoms with Crippen molar-refractivity contribution in [1.29, 1.82) is 0 Å². The van der Waals surface area contributed by atoms with Crippen molar-refractivity contribution in [1.82, 2.24) is 5.32 Å². The molecule has 2 aromatic rings. The van der Waals surface area contributed by atoms with Crippen LogP contribution < -0.4 is 14.8 Å². The van der Waals surface area contributed by atoms with E-state index in [2.05, 4.69) is 11.4 Å². The van der Waals surface area contributed by atoms with Gasteiger partial charge < -0.3 is 14.8 Å². The first-order chi connectivity index (χ1) is 11.5. The number of rotatable bonds is 4. The number of hydrogen-bond acceptors (Lipinski definition) is 3. The van der Waals surface area contributed by atoms with Crippen molar-refractivity contribution in [2.24, 2.45) is 0 Å². The molecule has 2 aromatic carbocycles. The summed E-state index contributed by atoms with van der Waals surface area (Å²) in [6, 6.07) is 11.3. The van der Waals surface area contributed by atoms with E-state index >= 15 is 0 Å². The second kappa shape index (κ2) is 7.14. The third-order valence-corrected chi connectivity index (χ3v) is 4.15. The molecule has 0 saturated heterocycles. The first kappa shape index (κ1) is 16.7. The van der Waals surface area contributed by atoms with Crippen LogP contribution in [0.4, 0.5) is 0 Å². The fraction of sp³-hybridized carbons (Fsp3) is 0.316. The molecule has 5 heteroatoms. The summed E-state index contributed by atoms with van der Waals surface area (Å²) in [6.45, 7) is 4.55. The van der Waals surface area contributed by atoms with Crippen LogP contribution in [-0.2, 0) is 4.79 Å². The number of hydrogen-bond donors (Lipinski definition) is 1. The second-order valence-corrected chi connectivity index (χ2v) is 6.49. The molecule has 1 atom stereocenters. The standard InChI is InChI=1S/C19H20ClNO3/c1-12-7-13(2)9-15(8-12)24-11-19(22)21-17-5-6-23-18-4-3-14(20)10-16(17)18/h3-4,7-10,17H,5-6,11H2,1-2H3,(H,21,22). The number of ether oxygens (including phenoxy) is 2. The number of carbonyl (C=O) groups is 1. The summed E-state index contributed by atoms with van der Waals surface area (Å²) in [5.74, 6) is 1.32. The molecular weight excluding hydrogens is 326 g/mol. The number of amides is 1. The largest absolute Gasteiger partial charge is 0.493 e. The lowest BCUT2D eigenvalue weighted by Crippen LogP contribution is -2.35. The van der Waals surface area contributed by atoms with Crippen LogP contribution in [0.2, 0.25) is 5.02 Å². The summed E-state index contributed by atoms with van der Waals surface area (Å²) in [7, 11) is 0. The molecule has 24 heavy (non-hydrogen) atoms. The monoisotopic (exact) mass is 345 g/mol. The average molecular weight is 346 g/mol. The molecule has 1 heterocycles. The van der Waals surface area contributed by atoms with Gasteiger partial charge in [-0.25, -0.2) is 0 Å². The van der Waals surface area contributed by atoms with Crippen LogP contribution in [0.1, 0.15) is 29.2 Å². The van der Waals surface area contributed by atoms with Crippen LogP contribution >= 0.6 is 11.6 Å². The van der Waals surface area contributed by atoms with Crippen molar-refractivity contribution in [3.8, 4) is 11.5 Å². The molecule has 126 valence electrons. The Bertz CT molecular complexity index is 740. The van der Waals surface area contributed by atoms with Crippen LogP contribution in [0, 0.1) is 13.8 Å². The molecule has 4 nitrogen and oxygen atoms in total. The van der Waals surface area contributed by atoms with Gasteiger partial charge in [0.05, 0.1) is 12.6 Å². The number of benzene rings is 2. The van der Waals surface area contributed by atoms with E-state index in [0.717, 1.165) is 22.4 Å². The van der Waals surface area contributed by atoms with Crippen molar-refractivity contribution in [3.63, 3.8) is 0 Å². The summed E-state index contributed by atoms with van der Waals surface area (Å²) in [5, 5.41) is 3.63. The van der Waals surface area contributed by atoms with E-state index in [0.29, 0.717) is 23.8 Å². The molecule has 0 aliphatic carbocycles. The Morgan fingerprint density at radius 3 is 2.75 bits per heavy atom. The quantitative estimate of drug-likeness (QED) is 0.911. The Hall–Kier alpha value is -2.20. The Labute approximate surface area is 146 Å². The van der Waals surface area contributed by atoms with Gasteiger partial charge in [0, 0.05) is 17.0 Å². The van der Waals surface area contributed by atoms with Gasteiger partial charge in [-0.15, -0.1) is 0 Å². The van der Waals surface area contributed by atoms with Gasteiger partial charge in [0.2, 0.25) is 0 Å². The Kier molecular flexibility index (Phi) is 4.95. The summed E-state index contributed by atoms with van der Waals surface area (Å²) < 4.78 is 11.2. The molecule has 0 fully saturated rings. The first-order valence-electron chi connectivity index (χ1n) is 7.94. The van der Waals surface area contributed by atoms with Crippen molar-refractivity contribution in [2.45, 2.75) is 26.3 Å². The van der Waals surface area contributed by atoms with Gasteiger partial charge >= 0.3 is 0 Å². The Morgan fingerprint density at radius 1 is 1.25 bits per heavy atom. The van der Waals surface area contributed by atoms with Gasteiger partial charge in [-0.2, -0.15) is 0 Å². The number of carbonyl (C=O) groups excluding carboxylic acids is 1. The smallest absolute Gasteiger partial charge is 0.258 e. The lowest BCUT2D eigenvalue weighted by Gasteiger charge is -2.26. The molecule has 3 rings (SSSR count). The molecule has 0 saturated carbocycles. The molecular formula is C19H20ClNO3. The third-order valence-electron chi connectivity index (χ3n) is 3.91. The summed E-state index contributed by atoms with van der Waals surface area (Å²) in [5.41, 5.74) is 3.13. The van der Waals surface area contributed by atoms with E-state index < -0.39 is 0 Å². The van der Waals surface area contributed by atoms with Crippen LogP contribution in [0.15, 0.2) is 36.4 Å². The summed E-state index contributed by atoms with van der Waals surface area (Å²) in [4.78, 5) is 12.2. The fourth-order valence-electron chi connectivity index (χ4n) is 2.92. The highest BCUT2D eigenvalue weighted by Gasteiger charge is 2.23. The van der Waals surface area contributed by atoms with E-state index in [-0.39, 0.29) is 18.6 Å². The van der Waals surface area contributed by atoms with Gasteiger partial charge in [-0.1, -0.05) is 17.7 Å². The molecule has 1 unspecified atom stereocenters. The van der Waals surface area contributed by atoms with Gasteiger partial charge in [-0.3, -0.25) is 4.79 Å². The third kappa shape index (κ3) is 4.01. The van der Waals surface area contributed by atoms with Gasteiger partial charge in [0.15, 0.2) is 6.61 Å². The number of halogens is 1. The van der Waals surface area contributed by atoms with Crippen LogP contribution in [0.5, 0.6) is 11.5 Å².